The number of aliphatic hydroxyl groups excluding tert-OH is 1. The van der Waals surface area contributed by atoms with Crippen molar-refractivity contribution in [3.63, 3.8) is 0 Å². The minimum absolute atomic E-state index is 0.120. The molecule has 0 aliphatic carbocycles. The number of hydrogen-bond acceptors (Lipinski definition) is 2. The third kappa shape index (κ3) is 2.11. The van der Waals surface area contributed by atoms with Crippen LogP contribution in [0.3, 0.4) is 0 Å². The molecule has 1 fully saturated rings. The highest BCUT2D eigenvalue weighted by Crippen LogP contribution is 2.19. The van der Waals surface area contributed by atoms with Crippen LogP contribution in [-0.2, 0) is 0 Å². The zero-order valence-corrected chi connectivity index (χ0v) is 7.23. The molecule has 1 rings (SSSR count). The Hall–Kier alpha value is -0.770. The lowest BCUT2D eigenvalue weighted by Gasteiger charge is -2.32. The van der Waals surface area contributed by atoms with Gasteiger partial charge in [-0.15, -0.1) is 0 Å². The molecule has 1 amide bonds. The van der Waals surface area contributed by atoms with Crippen LogP contribution in [0.15, 0.2) is 0 Å². The molecule has 0 radical (unpaired) electrons. The van der Waals surface area contributed by atoms with Gasteiger partial charge in [0, 0.05) is 19.0 Å². The zero-order chi connectivity index (χ0) is 9.14. The fourth-order valence-electron chi connectivity index (χ4n) is 1.58. The highest BCUT2D eigenvalue weighted by molar-refractivity contribution is 5.65. The molecule has 1 aliphatic heterocycles. The number of hydrogen-bond donors (Lipinski definition) is 2. The molecular weight excluding hydrogens is 158 g/mol. The number of likely N-dealkylation sites (tertiary alicyclic amines) is 1. The lowest BCUT2D eigenvalue weighted by Crippen LogP contribution is -2.42. The van der Waals surface area contributed by atoms with Crippen molar-refractivity contribution in [2.45, 2.75) is 25.9 Å². The summed E-state index contributed by atoms with van der Waals surface area (Å²) in [5, 5.41) is 17.9. The summed E-state index contributed by atoms with van der Waals surface area (Å²) in [6.07, 6.45) is 0.524. The molecule has 1 aliphatic rings. The molecule has 1 heterocycles. The van der Waals surface area contributed by atoms with Crippen molar-refractivity contribution in [2.75, 3.05) is 13.1 Å². The maximum atomic E-state index is 10.6. The van der Waals surface area contributed by atoms with Gasteiger partial charge in [0.15, 0.2) is 0 Å². The predicted octanol–water partition coefficient (Wildman–Crippen LogP) is 0.757. The number of aliphatic hydroxyl groups is 1. The molecule has 0 bridgehead atoms. The minimum atomic E-state index is -0.875. The van der Waals surface area contributed by atoms with E-state index in [4.69, 9.17) is 5.11 Å². The summed E-state index contributed by atoms with van der Waals surface area (Å²) in [4.78, 5) is 11.9. The molecule has 0 spiro atoms. The highest BCUT2D eigenvalue weighted by atomic mass is 16.4. The van der Waals surface area contributed by atoms with Crippen LogP contribution in [-0.4, -0.2) is 40.4 Å². The summed E-state index contributed by atoms with van der Waals surface area (Å²) in [5.41, 5.74) is 0. The van der Waals surface area contributed by atoms with E-state index in [-0.39, 0.29) is 5.92 Å². The lowest BCUT2D eigenvalue weighted by atomic mass is 9.94. The van der Waals surface area contributed by atoms with Gasteiger partial charge in [0.25, 0.3) is 0 Å². The van der Waals surface area contributed by atoms with Crippen molar-refractivity contribution >= 4 is 6.09 Å². The third-order valence-corrected chi connectivity index (χ3v) is 2.41. The number of amides is 1. The topological polar surface area (TPSA) is 60.8 Å². The first-order chi connectivity index (χ1) is 5.61. The van der Waals surface area contributed by atoms with Crippen LogP contribution in [0.4, 0.5) is 4.79 Å². The normalized spacial score (nSPS) is 26.8. The monoisotopic (exact) mass is 173 g/mol. The van der Waals surface area contributed by atoms with Crippen molar-refractivity contribution in [3.8, 4) is 0 Å². The Bertz CT molecular complexity index is 170. The summed E-state index contributed by atoms with van der Waals surface area (Å²) in [6, 6.07) is 0. The lowest BCUT2D eigenvalue weighted by molar-refractivity contribution is 0.0611. The summed E-state index contributed by atoms with van der Waals surface area (Å²) in [5.74, 6) is 0.120. The number of nitrogens with zero attached hydrogens (tertiary/aromatic N) is 1. The SMILES string of the molecule is C[C@H](O)C1CCCN(C(=O)O)C1. The molecule has 0 aromatic rings. The zero-order valence-electron chi connectivity index (χ0n) is 7.23. The van der Waals surface area contributed by atoms with Gasteiger partial charge in [-0.2, -0.15) is 0 Å². The summed E-state index contributed by atoms with van der Waals surface area (Å²) >= 11 is 0. The van der Waals surface area contributed by atoms with Crippen LogP contribution in [0.1, 0.15) is 19.8 Å². The fraction of sp³-hybridized carbons (Fsp3) is 0.875. The molecule has 2 atom stereocenters. The molecule has 12 heavy (non-hydrogen) atoms. The Morgan fingerprint density at radius 2 is 2.33 bits per heavy atom. The average molecular weight is 173 g/mol. The first-order valence-electron chi connectivity index (χ1n) is 4.27. The predicted molar refractivity (Wildman–Crippen MR) is 44.0 cm³/mol. The van der Waals surface area contributed by atoms with E-state index in [0.29, 0.717) is 13.1 Å². The van der Waals surface area contributed by atoms with Gasteiger partial charge in [-0.1, -0.05) is 0 Å². The van der Waals surface area contributed by atoms with Gasteiger partial charge in [0.2, 0.25) is 0 Å². The Morgan fingerprint density at radius 1 is 1.67 bits per heavy atom. The molecular formula is C8H15NO3. The number of rotatable bonds is 1. The van der Waals surface area contributed by atoms with E-state index in [1.807, 2.05) is 0 Å². The summed E-state index contributed by atoms with van der Waals surface area (Å²) in [7, 11) is 0. The second-order valence-electron chi connectivity index (χ2n) is 3.37. The Labute approximate surface area is 71.8 Å². The summed E-state index contributed by atoms with van der Waals surface area (Å²) in [6.45, 7) is 2.81. The van der Waals surface area contributed by atoms with Crippen molar-refractivity contribution in [2.24, 2.45) is 5.92 Å². The van der Waals surface area contributed by atoms with Gasteiger partial charge in [-0.05, 0) is 19.8 Å². The van der Waals surface area contributed by atoms with Crippen LogP contribution in [0.5, 0.6) is 0 Å². The van der Waals surface area contributed by atoms with Crippen molar-refractivity contribution < 1.29 is 15.0 Å². The van der Waals surface area contributed by atoms with Crippen LogP contribution < -0.4 is 0 Å². The number of piperidine rings is 1. The number of carbonyl (C=O) groups is 1. The van der Waals surface area contributed by atoms with Crippen molar-refractivity contribution in [1.82, 2.24) is 4.90 Å². The van der Waals surface area contributed by atoms with Gasteiger partial charge in [-0.3, -0.25) is 0 Å². The second-order valence-corrected chi connectivity index (χ2v) is 3.37. The third-order valence-electron chi connectivity index (χ3n) is 2.41. The number of carboxylic acid groups (broad SMARTS) is 1. The molecule has 0 saturated carbocycles. The molecule has 1 unspecified atom stereocenters. The van der Waals surface area contributed by atoms with Gasteiger partial charge >= 0.3 is 6.09 Å². The summed E-state index contributed by atoms with van der Waals surface area (Å²) < 4.78 is 0. The van der Waals surface area contributed by atoms with Crippen molar-refractivity contribution in [1.29, 1.82) is 0 Å². The Balaban J connectivity index is 2.46. The van der Waals surface area contributed by atoms with Gasteiger partial charge in [0.05, 0.1) is 6.10 Å². The van der Waals surface area contributed by atoms with Gasteiger partial charge in [-0.25, -0.2) is 4.79 Å². The average Bonchev–Trinajstić information content (AvgIpc) is 2.04. The van der Waals surface area contributed by atoms with Crippen molar-refractivity contribution in [3.05, 3.63) is 0 Å². The fourth-order valence-corrected chi connectivity index (χ4v) is 1.58. The first-order valence-corrected chi connectivity index (χ1v) is 4.27. The molecule has 0 aromatic carbocycles. The molecule has 4 nitrogen and oxygen atoms in total. The van der Waals surface area contributed by atoms with E-state index >= 15 is 0 Å². The Kier molecular flexibility index (Phi) is 2.92. The van der Waals surface area contributed by atoms with Gasteiger partial charge in [0.1, 0.15) is 0 Å². The van der Waals surface area contributed by atoms with E-state index in [0.717, 1.165) is 12.8 Å². The quantitative estimate of drug-likeness (QED) is 0.615. The van der Waals surface area contributed by atoms with E-state index in [9.17, 15) is 9.90 Å². The standard InChI is InChI=1S/C8H15NO3/c1-6(10)7-3-2-4-9(5-7)8(11)12/h6-7,10H,2-5H2,1H3,(H,11,12)/t6-,7?/m0/s1. The van der Waals surface area contributed by atoms with Crippen LogP contribution in [0, 0.1) is 5.92 Å². The van der Waals surface area contributed by atoms with E-state index in [1.165, 1.54) is 4.90 Å². The molecule has 0 aromatic heterocycles. The largest absolute Gasteiger partial charge is 0.465 e. The van der Waals surface area contributed by atoms with Gasteiger partial charge < -0.3 is 15.1 Å². The molecule has 70 valence electrons. The van der Waals surface area contributed by atoms with Crippen LogP contribution in [0.2, 0.25) is 0 Å². The first kappa shape index (κ1) is 9.32. The second kappa shape index (κ2) is 3.76. The Morgan fingerprint density at radius 3 is 2.83 bits per heavy atom. The molecule has 1 saturated heterocycles. The van der Waals surface area contributed by atoms with Crippen LogP contribution >= 0.6 is 0 Å². The van der Waals surface area contributed by atoms with E-state index < -0.39 is 12.2 Å². The van der Waals surface area contributed by atoms with Crippen LogP contribution in [0.25, 0.3) is 0 Å². The highest BCUT2D eigenvalue weighted by Gasteiger charge is 2.25. The minimum Gasteiger partial charge on any atom is -0.465 e. The van der Waals surface area contributed by atoms with E-state index in [2.05, 4.69) is 0 Å². The molecule has 4 heteroatoms. The molecule has 2 N–H and O–H groups in total. The smallest absolute Gasteiger partial charge is 0.407 e. The maximum absolute atomic E-state index is 10.6. The van der Waals surface area contributed by atoms with E-state index in [1.54, 1.807) is 6.92 Å². The maximum Gasteiger partial charge on any atom is 0.407 e.